The number of hydrogen-bond donors (Lipinski definition) is 1. The van der Waals surface area contributed by atoms with Crippen LogP contribution in [0.1, 0.15) is 61.8 Å². The van der Waals surface area contributed by atoms with E-state index >= 15 is 0 Å². The van der Waals surface area contributed by atoms with Crippen LogP contribution in [0.5, 0.6) is 5.88 Å². The Hall–Kier alpha value is -1.60. The number of nitrogens with zero attached hydrogens (tertiary/aromatic N) is 2. The van der Waals surface area contributed by atoms with Crippen LogP contribution in [0.4, 0.5) is 0 Å². The Balaban J connectivity index is 1.74. The molecule has 0 radical (unpaired) electrons. The Morgan fingerprint density at radius 1 is 1.19 bits per heavy atom. The third-order valence-corrected chi connectivity index (χ3v) is 4.73. The zero-order valence-corrected chi connectivity index (χ0v) is 12.5. The highest BCUT2D eigenvalue weighted by atomic mass is 16.5. The first kappa shape index (κ1) is 14.3. The summed E-state index contributed by atoms with van der Waals surface area (Å²) < 4.78 is 5.89. The summed E-state index contributed by atoms with van der Waals surface area (Å²) in [5, 5.41) is 9.29. The summed E-state index contributed by atoms with van der Waals surface area (Å²) in [5.41, 5.74) is 9.06. The fourth-order valence-corrected chi connectivity index (χ4v) is 3.43. The van der Waals surface area contributed by atoms with Gasteiger partial charge < -0.3 is 10.5 Å². The molecule has 2 aliphatic rings. The van der Waals surface area contributed by atoms with Gasteiger partial charge in [0.1, 0.15) is 18.2 Å². The minimum atomic E-state index is -0.260. The van der Waals surface area contributed by atoms with Gasteiger partial charge in [-0.25, -0.2) is 4.98 Å². The second-order valence-corrected chi connectivity index (χ2v) is 6.48. The molecule has 1 fully saturated rings. The van der Waals surface area contributed by atoms with E-state index in [1.54, 1.807) is 0 Å². The van der Waals surface area contributed by atoms with E-state index in [4.69, 9.17) is 10.5 Å². The van der Waals surface area contributed by atoms with Crippen LogP contribution >= 0.6 is 0 Å². The number of aromatic nitrogens is 1. The molecule has 0 unspecified atom stereocenters. The molecule has 0 saturated heterocycles. The minimum Gasteiger partial charge on any atom is -0.475 e. The van der Waals surface area contributed by atoms with Crippen molar-refractivity contribution in [1.29, 1.82) is 5.26 Å². The van der Waals surface area contributed by atoms with Gasteiger partial charge in [-0.15, -0.1) is 0 Å². The molecule has 112 valence electrons. The molecular weight excluding hydrogens is 262 g/mol. The normalized spacial score (nSPS) is 20.4. The average Bonchev–Trinajstić information content (AvgIpc) is 2.84. The van der Waals surface area contributed by atoms with Crippen LogP contribution in [0.2, 0.25) is 0 Å². The summed E-state index contributed by atoms with van der Waals surface area (Å²) in [6.45, 7) is 0.466. The molecule has 21 heavy (non-hydrogen) atoms. The largest absolute Gasteiger partial charge is 0.475 e. The van der Waals surface area contributed by atoms with Gasteiger partial charge in [-0.2, -0.15) is 5.26 Å². The van der Waals surface area contributed by atoms with Crippen molar-refractivity contribution >= 4 is 0 Å². The quantitative estimate of drug-likeness (QED) is 0.867. The Labute approximate surface area is 126 Å². The third kappa shape index (κ3) is 3.19. The SMILES string of the molecule is N#Cc1cc2c(nc1OCC1(N)CCCCCC1)CCC2. The molecule has 0 spiro atoms. The van der Waals surface area contributed by atoms with Crippen LogP contribution < -0.4 is 10.5 Å². The van der Waals surface area contributed by atoms with E-state index < -0.39 is 0 Å². The highest BCUT2D eigenvalue weighted by Gasteiger charge is 2.28. The molecule has 1 saturated carbocycles. The molecule has 4 heteroatoms. The van der Waals surface area contributed by atoms with E-state index in [0.717, 1.165) is 37.8 Å². The van der Waals surface area contributed by atoms with Crippen molar-refractivity contribution in [1.82, 2.24) is 4.98 Å². The summed E-state index contributed by atoms with van der Waals surface area (Å²) in [7, 11) is 0. The van der Waals surface area contributed by atoms with Crippen LogP contribution in [0.15, 0.2) is 6.07 Å². The van der Waals surface area contributed by atoms with Crippen molar-refractivity contribution in [2.75, 3.05) is 6.61 Å². The topological polar surface area (TPSA) is 71.9 Å². The highest BCUT2D eigenvalue weighted by Crippen LogP contribution is 2.29. The molecule has 0 atom stereocenters. The number of pyridine rings is 1. The second kappa shape index (κ2) is 6.03. The van der Waals surface area contributed by atoms with Gasteiger partial charge in [-0.3, -0.25) is 0 Å². The number of rotatable bonds is 3. The minimum absolute atomic E-state index is 0.260. The molecular formula is C17H23N3O. The molecule has 2 N–H and O–H groups in total. The van der Waals surface area contributed by atoms with E-state index in [-0.39, 0.29) is 5.54 Å². The van der Waals surface area contributed by atoms with E-state index in [9.17, 15) is 5.26 Å². The first-order valence-electron chi connectivity index (χ1n) is 8.05. The van der Waals surface area contributed by atoms with E-state index in [2.05, 4.69) is 11.1 Å². The fraction of sp³-hybridized carbons (Fsp3) is 0.647. The summed E-state index contributed by atoms with van der Waals surface area (Å²) in [5.74, 6) is 0.479. The summed E-state index contributed by atoms with van der Waals surface area (Å²) in [6.07, 6.45) is 10.0. The lowest BCUT2D eigenvalue weighted by Gasteiger charge is -2.27. The predicted octanol–water partition coefficient (Wildman–Crippen LogP) is 2.87. The molecule has 1 aromatic heterocycles. The van der Waals surface area contributed by atoms with E-state index in [1.807, 2.05) is 6.07 Å². The van der Waals surface area contributed by atoms with Crippen LogP contribution in [-0.2, 0) is 12.8 Å². The lowest BCUT2D eigenvalue weighted by atomic mass is 9.92. The number of hydrogen-bond acceptors (Lipinski definition) is 4. The smallest absolute Gasteiger partial charge is 0.231 e. The number of nitriles is 1. The lowest BCUT2D eigenvalue weighted by molar-refractivity contribution is 0.193. The number of ether oxygens (including phenoxy) is 1. The molecule has 0 aromatic carbocycles. The maximum atomic E-state index is 9.29. The van der Waals surface area contributed by atoms with Crippen LogP contribution in [0.3, 0.4) is 0 Å². The zero-order valence-electron chi connectivity index (χ0n) is 12.5. The van der Waals surface area contributed by atoms with Crippen molar-refractivity contribution in [2.24, 2.45) is 5.73 Å². The van der Waals surface area contributed by atoms with Gasteiger partial charge in [0, 0.05) is 5.69 Å². The fourth-order valence-electron chi connectivity index (χ4n) is 3.43. The van der Waals surface area contributed by atoms with Crippen molar-refractivity contribution in [3.63, 3.8) is 0 Å². The van der Waals surface area contributed by atoms with Crippen molar-refractivity contribution in [3.05, 3.63) is 22.9 Å². The Kier molecular flexibility index (Phi) is 4.12. The van der Waals surface area contributed by atoms with Gasteiger partial charge in [-0.1, -0.05) is 25.7 Å². The number of aryl methyl sites for hydroxylation is 2. The second-order valence-electron chi connectivity index (χ2n) is 6.48. The summed E-state index contributed by atoms with van der Waals surface area (Å²) in [4.78, 5) is 4.56. The molecule has 0 aliphatic heterocycles. The lowest BCUT2D eigenvalue weighted by Crippen LogP contribution is -2.45. The average molecular weight is 285 g/mol. The zero-order chi connectivity index (χ0) is 14.7. The molecule has 1 heterocycles. The monoisotopic (exact) mass is 285 g/mol. The summed E-state index contributed by atoms with van der Waals surface area (Å²) in [6, 6.07) is 4.15. The van der Waals surface area contributed by atoms with Gasteiger partial charge in [-0.05, 0) is 43.7 Å². The van der Waals surface area contributed by atoms with Crippen molar-refractivity contribution < 1.29 is 4.74 Å². The molecule has 3 rings (SSSR count). The highest BCUT2D eigenvalue weighted by molar-refractivity contribution is 5.44. The molecule has 2 aliphatic carbocycles. The van der Waals surface area contributed by atoms with Crippen LogP contribution in [0, 0.1) is 11.3 Å². The standard InChI is InChI=1S/C17H23N3O/c18-11-14-10-13-6-5-7-15(13)20-16(14)21-12-17(19)8-3-1-2-4-9-17/h10H,1-9,12,19H2. The first-order valence-corrected chi connectivity index (χ1v) is 8.05. The van der Waals surface area contributed by atoms with Gasteiger partial charge in [0.15, 0.2) is 0 Å². The van der Waals surface area contributed by atoms with Gasteiger partial charge >= 0.3 is 0 Å². The first-order chi connectivity index (χ1) is 10.2. The van der Waals surface area contributed by atoms with Crippen molar-refractivity contribution in [2.45, 2.75) is 63.3 Å². The van der Waals surface area contributed by atoms with Gasteiger partial charge in [0.05, 0.1) is 5.54 Å². The Morgan fingerprint density at radius 3 is 2.67 bits per heavy atom. The Morgan fingerprint density at radius 2 is 1.95 bits per heavy atom. The van der Waals surface area contributed by atoms with E-state index in [1.165, 1.54) is 31.2 Å². The Bertz CT molecular complexity index is 554. The summed E-state index contributed by atoms with van der Waals surface area (Å²) >= 11 is 0. The number of fused-ring (bicyclic) bond motifs is 1. The van der Waals surface area contributed by atoms with Crippen LogP contribution in [0.25, 0.3) is 0 Å². The molecule has 0 bridgehead atoms. The number of nitrogens with two attached hydrogens (primary N) is 1. The maximum Gasteiger partial charge on any atom is 0.231 e. The van der Waals surface area contributed by atoms with E-state index in [0.29, 0.717) is 18.1 Å². The molecule has 1 aromatic rings. The van der Waals surface area contributed by atoms with Crippen LogP contribution in [-0.4, -0.2) is 17.1 Å². The van der Waals surface area contributed by atoms with Gasteiger partial charge in [0.25, 0.3) is 0 Å². The third-order valence-electron chi connectivity index (χ3n) is 4.73. The van der Waals surface area contributed by atoms with Gasteiger partial charge in [0.2, 0.25) is 5.88 Å². The van der Waals surface area contributed by atoms with Crippen molar-refractivity contribution in [3.8, 4) is 11.9 Å². The molecule has 0 amide bonds. The predicted molar refractivity (Wildman–Crippen MR) is 81.1 cm³/mol. The molecule has 4 nitrogen and oxygen atoms in total. The maximum absolute atomic E-state index is 9.29.